The molecular weight excluding hydrogens is 308 g/mol. The number of nitrogens with one attached hydrogen (secondary N) is 2. The molecule has 0 aliphatic heterocycles. The predicted molar refractivity (Wildman–Crippen MR) is 91.0 cm³/mol. The molecule has 0 aliphatic rings. The fraction of sp³-hybridized carbons (Fsp3) is 0.389. The quantitative estimate of drug-likeness (QED) is 0.728. The second kappa shape index (κ2) is 8.40. The highest BCUT2D eigenvalue weighted by atomic mass is 16.5. The van der Waals surface area contributed by atoms with Crippen molar-refractivity contribution in [3.05, 3.63) is 53.0 Å². The van der Waals surface area contributed by atoms with Gasteiger partial charge in [0.1, 0.15) is 17.3 Å². The van der Waals surface area contributed by atoms with Gasteiger partial charge in [-0.25, -0.2) is 4.79 Å². The van der Waals surface area contributed by atoms with Crippen LogP contribution in [-0.2, 0) is 6.54 Å². The van der Waals surface area contributed by atoms with Crippen LogP contribution in [0.1, 0.15) is 35.2 Å². The summed E-state index contributed by atoms with van der Waals surface area (Å²) in [6.07, 6.45) is -0.222. The van der Waals surface area contributed by atoms with Gasteiger partial charge in [-0.3, -0.25) is 0 Å². The summed E-state index contributed by atoms with van der Waals surface area (Å²) < 4.78 is 10.5. The zero-order valence-electron chi connectivity index (χ0n) is 14.3. The number of hydrogen-bond donors (Lipinski definition) is 3. The van der Waals surface area contributed by atoms with Crippen molar-refractivity contribution >= 4 is 6.03 Å². The Balaban J connectivity index is 1.70. The lowest BCUT2D eigenvalue weighted by molar-refractivity contribution is 0.165. The number of aliphatic hydroxyl groups excluding tert-OH is 1. The summed E-state index contributed by atoms with van der Waals surface area (Å²) in [5.74, 6) is 2.26. The zero-order valence-corrected chi connectivity index (χ0v) is 14.3. The molecule has 2 rings (SSSR count). The molecule has 2 amide bonds. The lowest BCUT2D eigenvalue weighted by atomic mass is 10.1. The highest BCUT2D eigenvalue weighted by molar-refractivity contribution is 5.73. The van der Waals surface area contributed by atoms with Crippen LogP contribution in [0.15, 0.2) is 34.7 Å². The number of methoxy groups -OCH3 is 1. The van der Waals surface area contributed by atoms with Crippen LogP contribution < -0.4 is 15.4 Å². The summed E-state index contributed by atoms with van der Waals surface area (Å²) in [6, 6.07) is 9.04. The van der Waals surface area contributed by atoms with Crippen molar-refractivity contribution < 1.29 is 19.1 Å². The molecule has 6 heteroatoms. The molecule has 24 heavy (non-hydrogen) atoms. The van der Waals surface area contributed by atoms with E-state index in [1.165, 1.54) is 0 Å². The van der Waals surface area contributed by atoms with Crippen LogP contribution in [-0.4, -0.2) is 24.8 Å². The third-order valence-electron chi connectivity index (χ3n) is 3.75. The number of aliphatic hydroxyl groups is 1. The third kappa shape index (κ3) is 5.03. The van der Waals surface area contributed by atoms with Gasteiger partial charge in [-0.1, -0.05) is 12.1 Å². The highest BCUT2D eigenvalue weighted by Crippen LogP contribution is 2.23. The van der Waals surface area contributed by atoms with Gasteiger partial charge in [0.05, 0.1) is 13.2 Å². The summed E-state index contributed by atoms with van der Waals surface area (Å²) in [6.45, 7) is 4.46. The van der Waals surface area contributed by atoms with E-state index >= 15 is 0 Å². The van der Waals surface area contributed by atoms with Crippen molar-refractivity contribution in [1.82, 2.24) is 10.6 Å². The average molecular weight is 332 g/mol. The maximum absolute atomic E-state index is 11.8. The predicted octanol–water partition coefficient (Wildman–Crippen LogP) is 2.83. The monoisotopic (exact) mass is 332 g/mol. The molecule has 130 valence electrons. The Kier molecular flexibility index (Phi) is 6.26. The summed E-state index contributed by atoms with van der Waals surface area (Å²) in [5, 5.41) is 15.7. The minimum Gasteiger partial charge on any atom is -0.497 e. The van der Waals surface area contributed by atoms with E-state index < -0.39 is 6.10 Å². The standard InChI is InChI=1S/C18H24N2O4/c1-12-10-16(13(2)24-12)17(21)8-9-19-18(22)20-11-14-4-6-15(23-3)7-5-14/h4-7,10,17,21H,8-9,11H2,1-3H3,(H2,19,20,22). The van der Waals surface area contributed by atoms with Gasteiger partial charge in [-0.15, -0.1) is 0 Å². The van der Waals surface area contributed by atoms with Crippen LogP contribution in [0, 0.1) is 13.8 Å². The first-order valence-electron chi connectivity index (χ1n) is 7.89. The molecule has 1 aromatic carbocycles. The molecular formula is C18H24N2O4. The molecule has 1 atom stereocenters. The van der Waals surface area contributed by atoms with Gasteiger partial charge >= 0.3 is 6.03 Å². The first-order valence-corrected chi connectivity index (χ1v) is 7.89. The first-order chi connectivity index (χ1) is 11.5. The van der Waals surface area contributed by atoms with Gasteiger partial charge in [-0.05, 0) is 44.0 Å². The van der Waals surface area contributed by atoms with E-state index in [1.807, 2.05) is 44.2 Å². The number of ether oxygens (including phenoxy) is 1. The van der Waals surface area contributed by atoms with Crippen molar-refractivity contribution in [2.45, 2.75) is 32.9 Å². The number of carbonyl (C=O) groups excluding carboxylic acids is 1. The summed E-state index contributed by atoms with van der Waals surface area (Å²) >= 11 is 0. The second-order valence-corrected chi connectivity index (χ2v) is 5.63. The van der Waals surface area contributed by atoms with Gasteiger partial charge in [-0.2, -0.15) is 0 Å². The normalized spacial score (nSPS) is 11.8. The maximum Gasteiger partial charge on any atom is 0.315 e. The summed E-state index contributed by atoms with van der Waals surface area (Å²) in [5.41, 5.74) is 1.75. The molecule has 0 radical (unpaired) electrons. The molecule has 2 aromatic rings. The molecule has 0 spiro atoms. The maximum atomic E-state index is 11.8. The van der Waals surface area contributed by atoms with Crippen LogP contribution in [0.4, 0.5) is 4.79 Å². The number of furan rings is 1. The lowest BCUT2D eigenvalue weighted by Crippen LogP contribution is -2.36. The number of carbonyl (C=O) groups is 1. The highest BCUT2D eigenvalue weighted by Gasteiger charge is 2.14. The van der Waals surface area contributed by atoms with Gasteiger partial charge in [0.15, 0.2) is 0 Å². The average Bonchev–Trinajstić information content (AvgIpc) is 2.92. The Morgan fingerprint density at radius 2 is 1.96 bits per heavy atom. The van der Waals surface area contributed by atoms with E-state index in [9.17, 15) is 9.90 Å². The van der Waals surface area contributed by atoms with Gasteiger partial charge < -0.3 is 24.9 Å². The molecule has 0 saturated heterocycles. The van der Waals surface area contributed by atoms with E-state index in [0.717, 1.165) is 22.6 Å². The van der Waals surface area contributed by atoms with Crippen molar-refractivity contribution in [2.24, 2.45) is 0 Å². The third-order valence-corrected chi connectivity index (χ3v) is 3.75. The van der Waals surface area contributed by atoms with E-state index in [4.69, 9.17) is 9.15 Å². The molecule has 0 fully saturated rings. The Hall–Kier alpha value is -2.47. The zero-order chi connectivity index (χ0) is 17.5. The minimum atomic E-state index is -0.649. The van der Waals surface area contributed by atoms with Crippen LogP contribution in [0.3, 0.4) is 0 Å². The number of amides is 2. The van der Waals surface area contributed by atoms with Crippen LogP contribution in [0.2, 0.25) is 0 Å². The van der Waals surface area contributed by atoms with E-state index in [0.29, 0.717) is 25.3 Å². The van der Waals surface area contributed by atoms with Crippen molar-refractivity contribution in [3.63, 3.8) is 0 Å². The van der Waals surface area contributed by atoms with E-state index in [1.54, 1.807) is 7.11 Å². The van der Waals surface area contributed by atoms with E-state index in [2.05, 4.69) is 10.6 Å². The molecule has 3 N–H and O–H groups in total. The number of aryl methyl sites for hydroxylation is 2. The van der Waals surface area contributed by atoms with Crippen LogP contribution >= 0.6 is 0 Å². The summed E-state index contributed by atoms with van der Waals surface area (Å²) in [4.78, 5) is 11.8. The van der Waals surface area contributed by atoms with Gasteiger partial charge in [0.2, 0.25) is 0 Å². The molecule has 6 nitrogen and oxygen atoms in total. The van der Waals surface area contributed by atoms with Crippen molar-refractivity contribution in [3.8, 4) is 5.75 Å². The second-order valence-electron chi connectivity index (χ2n) is 5.63. The fourth-order valence-electron chi connectivity index (χ4n) is 2.45. The minimum absolute atomic E-state index is 0.266. The van der Waals surface area contributed by atoms with E-state index in [-0.39, 0.29) is 6.03 Å². The Morgan fingerprint density at radius 3 is 2.54 bits per heavy atom. The fourth-order valence-corrected chi connectivity index (χ4v) is 2.45. The van der Waals surface area contributed by atoms with Gasteiger partial charge in [0, 0.05) is 18.7 Å². The van der Waals surface area contributed by atoms with Gasteiger partial charge in [0.25, 0.3) is 0 Å². The van der Waals surface area contributed by atoms with Crippen LogP contribution in [0.5, 0.6) is 5.75 Å². The topological polar surface area (TPSA) is 83.7 Å². The smallest absolute Gasteiger partial charge is 0.315 e. The number of benzene rings is 1. The molecule has 0 saturated carbocycles. The lowest BCUT2D eigenvalue weighted by Gasteiger charge is -2.11. The Labute approximate surface area is 141 Å². The summed E-state index contributed by atoms with van der Waals surface area (Å²) in [7, 11) is 1.61. The first kappa shape index (κ1) is 17.9. The SMILES string of the molecule is COc1ccc(CNC(=O)NCCC(O)c2cc(C)oc2C)cc1. The number of hydrogen-bond acceptors (Lipinski definition) is 4. The molecule has 1 unspecified atom stereocenters. The van der Waals surface area contributed by atoms with Crippen LogP contribution in [0.25, 0.3) is 0 Å². The molecule has 0 bridgehead atoms. The molecule has 1 heterocycles. The number of urea groups is 1. The molecule has 1 aromatic heterocycles. The van der Waals surface area contributed by atoms with Crippen molar-refractivity contribution in [1.29, 1.82) is 0 Å². The Bertz CT molecular complexity index is 664. The number of rotatable bonds is 7. The largest absolute Gasteiger partial charge is 0.497 e. The Morgan fingerprint density at radius 1 is 1.25 bits per heavy atom. The van der Waals surface area contributed by atoms with Crippen molar-refractivity contribution in [2.75, 3.05) is 13.7 Å². The molecule has 0 aliphatic carbocycles.